The molecule has 0 saturated heterocycles. The van der Waals surface area contributed by atoms with Crippen LogP contribution in [-0.2, 0) is 6.42 Å². The van der Waals surface area contributed by atoms with Gasteiger partial charge in [-0.25, -0.2) is 0 Å². The highest BCUT2D eigenvalue weighted by Gasteiger charge is 2.57. The van der Waals surface area contributed by atoms with E-state index in [-0.39, 0.29) is 11.3 Å². The number of aromatic hydroxyl groups is 1. The molecule has 0 heterocycles. The zero-order valence-electron chi connectivity index (χ0n) is 15.5. The normalized spacial score (nSPS) is 36.3. The van der Waals surface area contributed by atoms with Crippen LogP contribution in [0.5, 0.6) is 5.75 Å². The molecule has 0 amide bonds. The molecule has 132 valence electrons. The van der Waals surface area contributed by atoms with Crippen LogP contribution in [0, 0.1) is 23.2 Å². The van der Waals surface area contributed by atoms with Gasteiger partial charge in [-0.05, 0) is 79.9 Å². The zero-order chi connectivity index (χ0) is 17.5. The Bertz CT molecular complexity index is 615. The van der Waals surface area contributed by atoms with Crippen LogP contribution in [0.2, 0.25) is 0 Å². The molecule has 2 heteroatoms. The van der Waals surface area contributed by atoms with Crippen LogP contribution in [0.1, 0.15) is 58.9 Å². The fourth-order valence-corrected chi connectivity index (χ4v) is 5.40. The summed E-state index contributed by atoms with van der Waals surface area (Å²) in [4.78, 5) is 0. The molecule has 1 saturated carbocycles. The van der Waals surface area contributed by atoms with E-state index in [1.165, 1.54) is 11.1 Å². The van der Waals surface area contributed by atoms with Gasteiger partial charge in [0.15, 0.2) is 0 Å². The Morgan fingerprint density at radius 2 is 1.83 bits per heavy atom. The van der Waals surface area contributed by atoms with Gasteiger partial charge in [-0.3, -0.25) is 0 Å². The summed E-state index contributed by atoms with van der Waals surface area (Å²) in [5, 5.41) is 21.1. The van der Waals surface area contributed by atoms with Crippen LogP contribution >= 0.6 is 0 Å². The fourth-order valence-electron chi connectivity index (χ4n) is 5.40. The van der Waals surface area contributed by atoms with Crippen molar-refractivity contribution >= 4 is 0 Å². The number of aliphatic hydroxyl groups is 1. The van der Waals surface area contributed by atoms with E-state index in [0.29, 0.717) is 17.6 Å². The third-order valence-electron chi connectivity index (χ3n) is 6.79. The molecule has 1 aromatic rings. The number of allylic oxidation sites excluding steroid dienone is 2. The number of fused-ring (bicyclic) bond motifs is 1. The Hall–Kier alpha value is -1.28. The quantitative estimate of drug-likeness (QED) is 0.758. The first-order valence-electron chi connectivity index (χ1n) is 9.40. The van der Waals surface area contributed by atoms with Crippen molar-refractivity contribution in [1.82, 2.24) is 0 Å². The van der Waals surface area contributed by atoms with E-state index in [4.69, 9.17) is 0 Å². The molecule has 2 N–H and O–H groups in total. The molecule has 1 aromatic carbocycles. The van der Waals surface area contributed by atoms with Crippen molar-refractivity contribution in [2.45, 2.75) is 65.4 Å². The largest absolute Gasteiger partial charge is 0.508 e. The van der Waals surface area contributed by atoms with Crippen molar-refractivity contribution < 1.29 is 10.2 Å². The van der Waals surface area contributed by atoms with Crippen LogP contribution in [0.4, 0.5) is 0 Å². The van der Waals surface area contributed by atoms with Gasteiger partial charge in [0.05, 0.1) is 5.60 Å². The lowest BCUT2D eigenvalue weighted by atomic mass is 9.63. The third kappa shape index (κ3) is 3.01. The van der Waals surface area contributed by atoms with Crippen molar-refractivity contribution in [3.8, 4) is 5.75 Å². The second-order valence-electron chi connectivity index (χ2n) is 8.87. The standard InChI is InChI=1S/C22H32O2/c1-15(2)22(24)12-11-21(4)10-9-16(3)13-18(20(21)22)14-17-5-7-19(23)8-6-17/h5-9,15,18,20,23-24H,10-14H2,1-4H3/t18?,20-,21+,22-/m1/s1. The van der Waals surface area contributed by atoms with Crippen molar-refractivity contribution in [2.24, 2.45) is 23.2 Å². The Balaban J connectivity index is 1.97. The van der Waals surface area contributed by atoms with Gasteiger partial charge in [-0.2, -0.15) is 0 Å². The van der Waals surface area contributed by atoms with Crippen LogP contribution in [0.3, 0.4) is 0 Å². The molecular formula is C22H32O2. The first-order valence-corrected chi connectivity index (χ1v) is 9.40. The highest BCUT2D eigenvalue weighted by molar-refractivity contribution is 5.27. The van der Waals surface area contributed by atoms with E-state index in [2.05, 4.69) is 33.8 Å². The van der Waals surface area contributed by atoms with Crippen molar-refractivity contribution in [3.05, 3.63) is 41.5 Å². The monoisotopic (exact) mass is 328 g/mol. The SMILES string of the molecule is CC1=CC[C@@]2(C)CC[C@@](O)(C(C)C)[C@@H]2C(Cc2ccc(O)cc2)C1. The van der Waals surface area contributed by atoms with E-state index in [9.17, 15) is 10.2 Å². The smallest absolute Gasteiger partial charge is 0.115 e. The van der Waals surface area contributed by atoms with Crippen LogP contribution in [-0.4, -0.2) is 15.8 Å². The molecule has 4 atom stereocenters. The molecule has 1 unspecified atom stereocenters. The molecule has 0 aromatic heterocycles. The summed E-state index contributed by atoms with van der Waals surface area (Å²) in [5.74, 6) is 1.38. The van der Waals surface area contributed by atoms with E-state index in [1.807, 2.05) is 12.1 Å². The molecule has 24 heavy (non-hydrogen) atoms. The number of rotatable bonds is 3. The molecule has 1 fully saturated rings. The number of hydrogen-bond donors (Lipinski definition) is 2. The van der Waals surface area contributed by atoms with Gasteiger partial charge in [0, 0.05) is 0 Å². The predicted octanol–water partition coefficient (Wildman–Crippen LogP) is 5.09. The lowest BCUT2D eigenvalue weighted by Crippen LogP contribution is -2.47. The molecule has 2 nitrogen and oxygen atoms in total. The molecule has 0 aliphatic heterocycles. The van der Waals surface area contributed by atoms with Gasteiger partial charge in [-0.1, -0.05) is 44.6 Å². The number of hydrogen-bond acceptors (Lipinski definition) is 2. The van der Waals surface area contributed by atoms with Crippen molar-refractivity contribution in [1.29, 1.82) is 0 Å². The van der Waals surface area contributed by atoms with E-state index < -0.39 is 5.60 Å². The summed E-state index contributed by atoms with van der Waals surface area (Å²) in [7, 11) is 0. The average molecular weight is 328 g/mol. The minimum Gasteiger partial charge on any atom is -0.508 e. The fraction of sp³-hybridized carbons (Fsp3) is 0.636. The third-order valence-corrected chi connectivity index (χ3v) is 6.79. The summed E-state index contributed by atoms with van der Waals surface area (Å²) in [6.45, 7) is 8.97. The minimum absolute atomic E-state index is 0.193. The van der Waals surface area contributed by atoms with Gasteiger partial charge in [-0.15, -0.1) is 0 Å². The Morgan fingerprint density at radius 3 is 2.46 bits per heavy atom. The zero-order valence-corrected chi connectivity index (χ0v) is 15.5. The van der Waals surface area contributed by atoms with E-state index in [0.717, 1.165) is 32.1 Å². The second-order valence-corrected chi connectivity index (χ2v) is 8.87. The summed E-state index contributed by atoms with van der Waals surface area (Å²) >= 11 is 0. The first-order chi connectivity index (χ1) is 11.2. The second kappa shape index (κ2) is 6.22. The van der Waals surface area contributed by atoms with Crippen molar-refractivity contribution in [3.63, 3.8) is 0 Å². The van der Waals surface area contributed by atoms with Crippen LogP contribution < -0.4 is 0 Å². The summed E-state index contributed by atoms with van der Waals surface area (Å²) in [6, 6.07) is 7.61. The number of phenols is 1. The van der Waals surface area contributed by atoms with Crippen LogP contribution in [0.15, 0.2) is 35.9 Å². The molecule has 0 radical (unpaired) electrons. The van der Waals surface area contributed by atoms with Gasteiger partial charge in [0.1, 0.15) is 5.75 Å². The summed E-state index contributed by atoms with van der Waals surface area (Å²) in [5.41, 5.74) is 2.35. The van der Waals surface area contributed by atoms with Gasteiger partial charge < -0.3 is 10.2 Å². The van der Waals surface area contributed by atoms with Gasteiger partial charge in [0.25, 0.3) is 0 Å². The Labute approximate surface area is 146 Å². The van der Waals surface area contributed by atoms with E-state index in [1.54, 1.807) is 12.1 Å². The number of benzene rings is 1. The highest BCUT2D eigenvalue weighted by atomic mass is 16.3. The molecule has 0 spiro atoms. The molecule has 2 aliphatic rings. The molecule has 2 aliphatic carbocycles. The summed E-state index contributed by atoms with van der Waals surface area (Å²) < 4.78 is 0. The first kappa shape index (κ1) is 17.5. The maximum atomic E-state index is 11.6. The maximum absolute atomic E-state index is 11.6. The Kier molecular flexibility index (Phi) is 4.55. The Morgan fingerprint density at radius 1 is 1.17 bits per heavy atom. The molecule has 0 bridgehead atoms. The topological polar surface area (TPSA) is 40.5 Å². The predicted molar refractivity (Wildman–Crippen MR) is 98.9 cm³/mol. The lowest BCUT2D eigenvalue weighted by molar-refractivity contribution is -0.0838. The van der Waals surface area contributed by atoms with Crippen molar-refractivity contribution in [2.75, 3.05) is 0 Å². The highest BCUT2D eigenvalue weighted by Crippen LogP contribution is 2.59. The minimum atomic E-state index is -0.561. The van der Waals surface area contributed by atoms with Gasteiger partial charge >= 0.3 is 0 Å². The summed E-state index contributed by atoms with van der Waals surface area (Å²) in [6.07, 6.45) is 7.57. The lowest BCUT2D eigenvalue weighted by Gasteiger charge is -2.44. The van der Waals surface area contributed by atoms with E-state index >= 15 is 0 Å². The van der Waals surface area contributed by atoms with Gasteiger partial charge in [0.2, 0.25) is 0 Å². The average Bonchev–Trinajstić information content (AvgIpc) is 2.73. The van der Waals surface area contributed by atoms with Crippen LogP contribution in [0.25, 0.3) is 0 Å². The molecular weight excluding hydrogens is 296 g/mol. The molecule has 3 rings (SSSR count). The number of phenolic OH excluding ortho intramolecular Hbond substituents is 1. The maximum Gasteiger partial charge on any atom is 0.115 e.